The molecular formula is C5H7N3O3. The van der Waals surface area contributed by atoms with Crippen molar-refractivity contribution in [3.8, 4) is 0 Å². The molecule has 0 radical (unpaired) electrons. The van der Waals surface area contributed by atoms with Crippen molar-refractivity contribution in [1.29, 1.82) is 0 Å². The van der Waals surface area contributed by atoms with Gasteiger partial charge in [-0.25, -0.2) is 0 Å². The molecule has 0 unspecified atom stereocenters. The minimum absolute atomic E-state index is 0.614. The number of amides is 1. The number of hydroxylamine groups is 2. The van der Waals surface area contributed by atoms with Crippen LogP contribution in [0.25, 0.3) is 5.53 Å². The molecule has 11 heavy (non-hydrogen) atoms. The summed E-state index contributed by atoms with van der Waals surface area (Å²) >= 11 is 0. The van der Waals surface area contributed by atoms with E-state index in [-0.39, 0.29) is 0 Å². The summed E-state index contributed by atoms with van der Waals surface area (Å²) in [5.74, 6) is -1.34. The van der Waals surface area contributed by atoms with Crippen LogP contribution in [0, 0.1) is 0 Å². The quantitative estimate of drug-likeness (QED) is 0.217. The van der Waals surface area contributed by atoms with Gasteiger partial charge in [0.1, 0.15) is 0 Å². The van der Waals surface area contributed by atoms with E-state index in [1.165, 1.54) is 7.05 Å². The van der Waals surface area contributed by atoms with E-state index in [9.17, 15) is 9.59 Å². The Kier molecular flexibility index (Phi) is 3.55. The first-order valence-electron chi connectivity index (χ1n) is 2.71. The predicted octanol–water partition coefficient (Wildman–Crippen LogP) is -0.777. The number of rotatable bonds is 1. The van der Waals surface area contributed by atoms with Gasteiger partial charge in [0.2, 0.25) is 0 Å². The van der Waals surface area contributed by atoms with Crippen LogP contribution in [-0.2, 0) is 14.4 Å². The third-order valence-electron chi connectivity index (χ3n) is 0.744. The van der Waals surface area contributed by atoms with Crippen molar-refractivity contribution in [1.82, 2.24) is 5.06 Å². The monoisotopic (exact) mass is 157 g/mol. The summed E-state index contributed by atoms with van der Waals surface area (Å²) in [5, 5.41) is 0.655. The highest BCUT2D eigenvalue weighted by molar-refractivity contribution is 6.23. The van der Waals surface area contributed by atoms with Gasteiger partial charge in [0.15, 0.2) is 0 Å². The van der Waals surface area contributed by atoms with Crippen LogP contribution in [0.5, 0.6) is 0 Å². The molecule has 0 rings (SSSR count). The van der Waals surface area contributed by atoms with Crippen LogP contribution < -0.4 is 0 Å². The van der Waals surface area contributed by atoms with Gasteiger partial charge in [-0.1, -0.05) is 0 Å². The Morgan fingerprint density at radius 3 is 2.55 bits per heavy atom. The summed E-state index contributed by atoms with van der Waals surface area (Å²) in [6, 6.07) is 0. The Labute approximate surface area is 62.9 Å². The zero-order valence-corrected chi connectivity index (χ0v) is 6.14. The molecule has 0 bridgehead atoms. The highest BCUT2D eigenvalue weighted by Crippen LogP contribution is 1.84. The Hall–Kier alpha value is -1.68. The van der Waals surface area contributed by atoms with Gasteiger partial charge in [0, 0.05) is 14.0 Å². The van der Waals surface area contributed by atoms with Crippen molar-refractivity contribution in [3.05, 3.63) is 5.53 Å². The van der Waals surface area contributed by atoms with E-state index in [0.29, 0.717) is 11.3 Å². The topological polar surface area (TPSA) is 83.0 Å². The Morgan fingerprint density at radius 2 is 2.18 bits per heavy atom. The number of carbonyl (C=O) groups excluding carboxylic acids is 2. The van der Waals surface area contributed by atoms with Gasteiger partial charge in [0.05, 0.1) is 0 Å². The van der Waals surface area contributed by atoms with Crippen LogP contribution in [0.2, 0.25) is 0 Å². The first kappa shape index (κ1) is 9.32. The van der Waals surface area contributed by atoms with Gasteiger partial charge in [0.25, 0.3) is 0 Å². The summed E-state index contributed by atoms with van der Waals surface area (Å²) < 4.78 is 0. The van der Waals surface area contributed by atoms with E-state index >= 15 is 0 Å². The Bertz CT molecular complexity index is 219. The molecule has 6 nitrogen and oxygen atoms in total. The van der Waals surface area contributed by atoms with Crippen LogP contribution in [-0.4, -0.2) is 35.0 Å². The van der Waals surface area contributed by atoms with E-state index in [4.69, 9.17) is 5.53 Å². The van der Waals surface area contributed by atoms with Gasteiger partial charge >= 0.3 is 18.1 Å². The molecule has 0 aromatic heterocycles. The zero-order valence-electron chi connectivity index (χ0n) is 6.14. The molecule has 0 spiro atoms. The van der Waals surface area contributed by atoms with Crippen LogP contribution in [0.1, 0.15) is 6.92 Å². The molecule has 0 fully saturated rings. The maximum Gasteiger partial charge on any atom is 0.360 e. The van der Waals surface area contributed by atoms with E-state index in [1.54, 1.807) is 0 Å². The van der Waals surface area contributed by atoms with Crippen LogP contribution in [0.3, 0.4) is 0 Å². The highest BCUT2D eigenvalue weighted by Gasteiger charge is 2.11. The Balaban J connectivity index is 4.02. The second kappa shape index (κ2) is 4.19. The lowest BCUT2D eigenvalue weighted by Gasteiger charge is -2.09. The molecule has 0 saturated carbocycles. The SMILES string of the molecule is CC(=O)ON(C)C(=O)C=[N+]=[N-]. The average molecular weight is 157 g/mol. The van der Waals surface area contributed by atoms with Crippen LogP contribution in [0.4, 0.5) is 0 Å². The molecule has 0 atom stereocenters. The molecule has 0 aliphatic heterocycles. The summed E-state index contributed by atoms with van der Waals surface area (Å²) in [6.45, 7) is 1.15. The fourth-order valence-electron chi connectivity index (χ4n) is 0.369. The largest absolute Gasteiger partial charge is 0.361 e. The molecule has 0 N–H and O–H groups in total. The second-order valence-electron chi connectivity index (χ2n) is 1.66. The van der Waals surface area contributed by atoms with Crippen molar-refractivity contribution in [3.63, 3.8) is 0 Å². The van der Waals surface area contributed by atoms with Crippen molar-refractivity contribution in [2.24, 2.45) is 0 Å². The fraction of sp³-hybridized carbons (Fsp3) is 0.400. The van der Waals surface area contributed by atoms with Crippen molar-refractivity contribution < 1.29 is 19.2 Å². The first-order chi connectivity index (χ1) is 5.07. The lowest BCUT2D eigenvalue weighted by Crippen LogP contribution is -2.29. The van der Waals surface area contributed by atoms with E-state index in [2.05, 4.69) is 9.63 Å². The summed E-state index contributed by atoms with van der Waals surface area (Å²) in [5.41, 5.74) is 7.90. The third kappa shape index (κ3) is 3.83. The van der Waals surface area contributed by atoms with Gasteiger partial charge in [-0.3, -0.25) is 9.59 Å². The minimum Gasteiger partial charge on any atom is -0.361 e. The molecule has 0 aromatic rings. The van der Waals surface area contributed by atoms with Gasteiger partial charge < -0.3 is 10.4 Å². The average Bonchev–Trinajstić information content (AvgIpc) is 1.86. The van der Waals surface area contributed by atoms with E-state index < -0.39 is 11.9 Å². The van der Waals surface area contributed by atoms with Crippen molar-refractivity contribution >= 4 is 18.1 Å². The standard InChI is InChI=1S/C5H7N3O3/c1-4(9)11-8(2)5(10)3-7-6/h3H,1-2H3. The summed E-state index contributed by atoms with van der Waals surface area (Å²) in [6.07, 6.45) is 0.614. The zero-order chi connectivity index (χ0) is 8.85. The highest BCUT2D eigenvalue weighted by atomic mass is 16.7. The lowest BCUT2D eigenvalue weighted by atomic mass is 10.7. The predicted molar refractivity (Wildman–Crippen MR) is 34.2 cm³/mol. The van der Waals surface area contributed by atoms with Crippen molar-refractivity contribution in [2.75, 3.05) is 7.05 Å². The van der Waals surface area contributed by atoms with E-state index in [1.807, 2.05) is 0 Å². The molecular weight excluding hydrogens is 150 g/mol. The maximum absolute atomic E-state index is 10.6. The van der Waals surface area contributed by atoms with Gasteiger partial charge in [-0.2, -0.15) is 9.85 Å². The first-order valence-corrected chi connectivity index (χ1v) is 2.71. The summed E-state index contributed by atoms with van der Waals surface area (Å²) in [4.78, 5) is 27.6. The molecule has 1 amide bonds. The Morgan fingerprint density at radius 1 is 1.64 bits per heavy atom. The van der Waals surface area contributed by atoms with Crippen LogP contribution in [0.15, 0.2) is 0 Å². The summed E-state index contributed by atoms with van der Waals surface area (Å²) in [7, 11) is 1.23. The molecule has 0 aliphatic carbocycles. The maximum atomic E-state index is 10.6. The smallest absolute Gasteiger partial charge is 0.360 e. The third-order valence-corrected chi connectivity index (χ3v) is 0.744. The minimum atomic E-state index is -0.720. The molecule has 0 heterocycles. The number of carbonyl (C=O) groups is 2. The fourth-order valence-corrected chi connectivity index (χ4v) is 0.369. The van der Waals surface area contributed by atoms with Gasteiger partial charge in [-0.05, 0) is 0 Å². The molecule has 0 aromatic carbocycles. The van der Waals surface area contributed by atoms with Gasteiger partial charge in [-0.15, -0.1) is 0 Å². The van der Waals surface area contributed by atoms with Crippen molar-refractivity contribution in [2.45, 2.75) is 6.92 Å². The number of nitrogens with zero attached hydrogens (tertiary/aromatic N) is 3. The molecule has 0 saturated heterocycles. The molecule has 60 valence electrons. The van der Waals surface area contributed by atoms with Crippen LogP contribution >= 0.6 is 0 Å². The normalized spacial score (nSPS) is 7.82. The number of hydrogen-bond acceptors (Lipinski definition) is 3. The number of hydrogen-bond donors (Lipinski definition) is 0. The lowest BCUT2D eigenvalue weighted by molar-refractivity contribution is -0.187. The van der Waals surface area contributed by atoms with E-state index in [0.717, 1.165) is 6.92 Å². The second-order valence-corrected chi connectivity index (χ2v) is 1.66. The molecule has 0 aliphatic rings. The molecule has 6 heteroatoms.